The molecule has 61 heavy (non-hydrogen) atoms. The van der Waals surface area contributed by atoms with Gasteiger partial charge in [0.1, 0.15) is 17.7 Å². The number of unbranched alkanes of at least 4 members (excludes halogenated alkanes) is 18. The Morgan fingerprint density at radius 1 is 0.377 bits per heavy atom. The minimum atomic E-state index is 0.0750. The van der Waals surface area contributed by atoms with E-state index in [0.29, 0.717) is 0 Å². The van der Waals surface area contributed by atoms with Crippen LogP contribution < -0.4 is 4.90 Å². The molecule has 0 saturated carbocycles. The van der Waals surface area contributed by atoms with E-state index >= 15 is 0 Å². The molecule has 0 aliphatic heterocycles. The van der Waals surface area contributed by atoms with Crippen LogP contribution >= 0.6 is 0 Å². The van der Waals surface area contributed by atoms with Gasteiger partial charge < -0.3 is 4.90 Å². The number of rotatable bonds is 24. The largest absolute Gasteiger partial charge is 0.372 e. The summed E-state index contributed by atoms with van der Waals surface area (Å²) < 4.78 is 0. The van der Waals surface area contributed by atoms with Crippen molar-refractivity contribution in [2.75, 3.05) is 18.0 Å². The second-order valence-corrected chi connectivity index (χ2v) is 16.2. The van der Waals surface area contributed by atoms with Crippen LogP contribution in [-0.4, -0.2) is 13.1 Å². The van der Waals surface area contributed by atoms with Crippen molar-refractivity contribution in [2.45, 2.75) is 142 Å². The lowest BCUT2D eigenvalue weighted by Gasteiger charge is -2.25. The summed E-state index contributed by atoms with van der Waals surface area (Å²) in [4.78, 5) is 2.63. The third kappa shape index (κ3) is 20.3. The van der Waals surface area contributed by atoms with Crippen molar-refractivity contribution in [3.05, 3.63) is 142 Å². The fourth-order valence-corrected chi connectivity index (χ4v) is 7.33. The SMILES string of the molecule is CCCCCCCCCCCCN(CCCCCCCCCCCC)c1ccc(C#Cc2ccc(C#Cc3ccc(C#Cc4ccc(C=C(C#N)C#N)cc4)cc3)cc2)cc1. The van der Waals surface area contributed by atoms with Crippen molar-refractivity contribution in [1.29, 1.82) is 10.5 Å². The molecule has 3 nitrogen and oxygen atoms in total. The van der Waals surface area contributed by atoms with Crippen molar-refractivity contribution in [3.63, 3.8) is 0 Å². The van der Waals surface area contributed by atoms with Crippen LogP contribution in [0.3, 0.4) is 0 Å². The predicted molar refractivity (Wildman–Crippen MR) is 259 cm³/mol. The molecule has 4 rings (SSSR count). The molecule has 0 aromatic heterocycles. The fraction of sp³-hybridized carbons (Fsp3) is 0.414. The highest BCUT2D eigenvalue weighted by Crippen LogP contribution is 2.20. The zero-order chi connectivity index (χ0) is 43.0. The summed E-state index contributed by atoms with van der Waals surface area (Å²) in [6.45, 7) is 6.87. The Morgan fingerprint density at radius 2 is 0.639 bits per heavy atom. The molecule has 0 aliphatic rings. The molecular weight excluding hydrogens is 739 g/mol. The number of hydrogen-bond acceptors (Lipinski definition) is 3. The highest BCUT2D eigenvalue weighted by Gasteiger charge is 2.07. The van der Waals surface area contributed by atoms with Crippen molar-refractivity contribution in [2.24, 2.45) is 0 Å². The van der Waals surface area contributed by atoms with Gasteiger partial charge >= 0.3 is 0 Å². The van der Waals surface area contributed by atoms with E-state index < -0.39 is 0 Å². The third-order valence-electron chi connectivity index (χ3n) is 11.1. The molecule has 314 valence electrons. The van der Waals surface area contributed by atoms with Crippen LogP contribution in [0.2, 0.25) is 0 Å². The molecule has 0 amide bonds. The summed E-state index contributed by atoms with van der Waals surface area (Å²) in [5.74, 6) is 19.6. The molecule has 0 radical (unpaired) electrons. The summed E-state index contributed by atoms with van der Waals surface area (Å²) in [6.07, 6.45) is 29.0. The van der Waals surface area contributed by atoms with Gasteiger partial charge in [0.2, 0.25) is 0 Å². The first-order chi connectivity index (χ1) is 30.1. The molecule has 0 saturated heterocycles. The van der Waals surface area contributed by atoms with Gasteiger partial charge in [-0.3, -0.25) is 0 Å². The first kappa shape index (κ1) is 47.8. The van der Waals surface area contributed by atoms with Gasteiger partial charge in [0.15, 0.2) is 0 Å². The molecule has 3 heteroatoms. The minimum Gasteiger partial charge on any atom is -0.372 e. The van der Waals surface area contributed by atoms with Crippen LogP contribution in [0.4, 0.5) is 5.69 Å². The average molecular weight is 806 g/mol. The Hall–Kier alpha value is -5.92. The summed E-state index contributed by atoms with van der Waals surface area (Å²) >= 11 is 0. The number of hydrogen-bond donors (Lipinski definition) is 0. The predicted octanol–water partition coefficient (Wildman–Crippen LogP) is 15.0. The van der Waals surface area contributed by atoms with Crippen molar-refractivity contribution in [1.82, 2.24) is 0 Å². The number of nitrogens with zero attached hydrogens (tertiary/aromatic N) is 3. The smallest absolute Gasteiger partial charge is 0.130 e. The van der Waals surface area contributed by atoms with Gasteiger partial charge in [0.25, 0.3) is 0 Å². The lowest BCUT2D eigenvalue weighted by atomic mass is 10.1. The van der Waals surface area contributed by atoms with E-state index in [1.807, 2.05) is 84.9 Å². The Kier molecular flexibility index (Phi) is 23.6. The highest BCUT2D eigenvalue weighted by atomic mass is 15.1. The van der Waals surface area contributed by atoms with E-state index in [-0.39, 0.29) is 5.57 Å². The van der Waals surface area contributed by atoms with Crippen molar-refractivity contribution >= 4 is 11.8 Å². The van der Waals surface area contributed by atoms with Crippen LogP contribution in [0.15, 0.2) is 103 Å². The summed E-state index contributed by atoms with van der Waals surface area (Å²) in [5, 5.41) is 17.9. The van der Waals surface area contributed by atoms with E-state index in [1.165, 1.54) is 134 Å². The molecule has 0 heterocycles. The molecule has 0 fully saturated rings. The van der Waals surface area contributed by atoms with Gasteiger partial charge in [-0.1, -0.05) is 177 Å². The van der Waals surface area contributed by atoms with E-state index in [9.17, 15) is 0 Å². The summed E-state index contributed by atoms with van der Waals surface area (Å²) in [5.41, 5.74) is 7.82. The van der Waals surface area contributed by atoms with Gasteiger partial charge in [-0.2, -0.15) is 10.5 Å². The average Bonchev–Trinajstić information content (AvgIpc) is 3.30. The Labute approximate surface area is 370 Å². The number of benzene rings is 4. The zero-order valence-electron chi connectivity index (χ0n) is 37.2. The maximum atomic E-state index is 8.95. The first-order valence-corrected chi connectivity index (χ1v) is 23.3. The van der Waals surface area contributed by atoms with Crippen LogP contribution in [0.5, 0.6) is 0 Å². The van der Waals surface area contributed by atoms with Gasteiger partial charge in [0, 0.05) is 52.2 Å². The molecule has 0 spiro atoms. The van der Waals surface area contributed by atoms with E-state index in [1.54, 1.807) is 6.08 Å². The van der Waals surface area contributed by atoms with Crippen molar-refractivity contribution in [3.8, 4) is 47.7 Å². The first-order valence-electron chi connectivity index (χ1n) is 23.3. The lowest BCUT2D eigenvalue weighted by molar-refractivity contribution is 0.543. The summed E-state index contributed by atoms with van der Waals surface area (Å²) in [7, 11) is 0. The molecule has 4 aromatic rings. The van der Waals surface area contributed by atoms with Crippen LogP contribution in [0, 0.1) is 58.2 Å². The topological polar surface area (TPSA) is 50.8 Å². The number of nitriles is 2. The van der Waals surface area contributed by atoms with Crippen LogP contribution in [-0.2, 0) is 0 Å². The van der Waals surface area contributed by atoms with Gasteiger partial charge in [-0.15, -0.1) is 0 Å². The minimum absolute atomic E-state index is 0.0750. The van der Waals surface area contributed by atoms with E-state index in [2.05, 4.69) is 78.5 Å². The van der Waals surface area contributed by atoms with Gasteiger partial charge in [0.05, 0.1) is 0 Å². The highest BCUT2D eigenvalue weighted by molar-refractivity contribution is 5.62. The Morgan fingerprint density at radius 3 is 0.934 bits per heavy atom. The normalized spacial score (nSPS) is 10.2. The lowest BCUT2D eigenvalue weighted by Crippen LogP contribution is -2.25. The van der Waals surface area contributed by atoms with E-state index in [4.69, 9.17) is 10.5 Å². The van der Waals surface area contributed by atoms with Gasteiger partial charge in [-0.25, -0.2) is 0 Å². The molecule has 4 aromatic carbocycles. The zero-order valence-corrected chi connectivity index (χ0v) is 37.2. The fourth-order valence-electron chi connectivity index (χ4n) is 7.33. The van der Waals surface area contributed by atoms with Crippen LogP contribution in [0.25, 0.3) is 6.08 Å². The maximum Gasteiger partial charge on any atom is 0.130 e. The van der Waals surface area contributed by atoms with E-state index in [0.717, 1.165) is 52.0 Å². The number of allylic oxidation sites excluding steroid dienone is 1. The Bertz CT molecular complexity index is 2100. The molecule has 0 bridgehead atoms. The molecule has 0 aliphatic carbocycles. The monoisotopic (exact) mass is 806 g/mol. The molecule has 0 N–H and O–H groups in total. The van der Waals surface area contributed by atoms with Gasteiger partial charge in [-0.05, 0) is 109 Å². The second kappa shape index (κ2) is 30.2. The maximum absolute atomic E-state index is 8.95. The quantitative estimate of drug-likeness (QED) is 0.0403. The molecular formula is C58H67N3. The second-order valence-electron chi connectivity index (χ2n) is 16.2. The number of anilines is 1. The van der Waals surface area contributed by atoms with Crippen molar-refractivity contribution < 1.29 is 0 Å². The molecule has 0 atom stereocenters. The third-order valence-corrected chi connectivity index (χ3v) is 11.1. The standard InChI is InChI=1S/C58H67N3/c1-3-5-7-9-11-13-15-17-19-21-45-61(46-22-20-18-16-14-12-10-8-6-4-2)58-43-41-55(42-44-58)36-35-53-31-29-51(30-32-53)24-23-50-25-27-52(28-26-50)33-34-54-37-39-56(40-38-54)47-57(48-59)49-60/h25-32,37-44,47H,3-22,45-46H2,1-2H3. The molecule has 0 unspecified atom stereocenters. The van der Waals surface area contributed by atoms with Crippen LogP contribution in [0.1, 0.15) is 181 Å². The Balaban J connectivity index is 1.26. The summed E-state index contributed by atoms with van der Waals surface area (Å²) in [6, 6.07) is 36.2.